The van der Waals surface area contributed by atoms with Gasteiger partial charge in [-0.3, -0.25) is 9.59 Å². The zero-order chi connectivity index (χ0) is 20.3. The Balaban J connectivity index is 1.90. The van der Waals surface area contributed by atoms with Crippen molar-refractivity contribution in [2.45, 2.75) is 32.1 Å². The summed E-state index contributed by atoms with van der Waals surface area (Å²) in [5.74, 6) is -0.838. The number of pyridine rings is 2. The highest BCUT2D eigenvalue weighted by molar-refractivity contribution is 5.95. The molecule has 29 heavy (non-hydrogen) atoms. The maximum Gasteiger partial charge on any atom is 0.343 e. The lowest BCUT2D eigenvalue weighted by Gasteiger charge is -2.33. The number of carbonyl (C=O) groups excluding carboxylic acids is 2. The van der Waals surface area contributed by atoms with Crippen molar-refractivity contribution < 1.29 is 19.4 Å². The summed E-state index contributed by atoms with van der Waals surface area (Å²) in [6.45, 7) is 1.64. The monoisotopic (exact) mass is 391 g/mol. The molecule has 0 spiro atoms. The van der Waals surface area contributed by atoms with Crippen LogP contribution < -0.4 is 10.9 Å². The first-order valence-corrected chi connectivity index (χ1v) is 9.28. The van der Waals surface area contributed by atoms with Crippen LogP contribution in [0.2, 0.25) is 0 Å². The average molecular weight is 391 g/mol. The number of hydrogen-bond donors (Lipinski definition) is 2. The number of nitrogens with zero attached hydrogens (tertiary/aromatic N) is 2. The zero-order valence-electron chi connectivity index (χ0n) is 15.6. The first-order chi connectivity index (χ1) is 14.0. The third kappa shape index (κ3) is 2.23. The number of nitrogens with one attached hydrogen (secondary N) is 1. The molecule has 146 valence electrons. The van der Waals surface area contributed by atoms with E-state index in [-0.39, 0.29) is 41.9 Å². The Hall–Kier alpha value is -3.52. The number of aliphatic hydroxyl groups is 1. The first kappa shape index (κ1) is 17.6. The lowest BCUT2D eigenvalue weighted by Crippen LogP contribution is -2.45. The molecule has 1 aromatic carbocycles. The van der Waals surface area contributed by atoms with Crippen LogP contribution in [-0.2, 0) is 33.1 Å². The first-order valence-electron chi connectivity index (χ1n) is 9.28. The summed E-state index contributed by atoms with van der Waals surface area (Å²) in [5.41, 5.74) is 0.601. The number of fused-ring (bicyclic) bond motifs is 5. The summed E-state index contributed by atoms with van der Waals surface area (Å²) >= 11 is 0. The molecule has 4 heterocycles. The van der Waals surface area contributed by atoms with E-state index in [1.54, 1.807) is 6.92 Å². The number of amides is 1. The zero-order valence-corrected chi connectivity index (χ0v) is 15.6. The van der Waals surface area contributed by atoms with Gasteiger partial charge < -0.3 is 19.7 Å². The topological polar surface area (TPSA) is 111 Å². The van der Waals surface area contributed by atoms with Crippen LogP contribution in [0.3, 0.4) is 0 Å². The predicted molar refractivity (Wildman–Crippen MR) is 104 cm³/mol. The average Bonchev–Trinajstić information content (AvgIpc) is 3.10. The van der Waals surface area contributed by atoms with Gasteiger partial charge in [0.05, 0.1) is 34.7 Å². The van der Waals surface area contributed by atoms with Crippen molar-refractivity contribution in [3.8, 4) is 11.4 Å². The van der Waals surface area contributed by atoms with E-state index >= 15 is 0 Å². The molecule has 1 atom stereocenters. The fourth-order valence-corrected chi connectivity index (χ4v) is 4.30. The highest BCUT2D eigenvalue weighted by atomic mass is 16.6. The lowest BCUT2D eigenvalue weighted by molar-refractivity contribution is -0.172. The number of hydrogen-bond acceptors (Lipinski definition) is 6. The van der Waals surface area contributed by atoms with Crippen LogP contribution in [0.4, 0.5) is 5.69 Å². The third-order valence-corrected chi connectivity index (χ3v) is 5.73. The molecule has 5 rings (SSSR count). The quantitative estimate of drug-likeness (QED) is 0.406. The van der Waals surface area contributed by atoms with Gasteiger partial charge in [0.25, 0.3) is 5.56 Å². The number of para-hydroxylation sites is 1. The fraction of sp³-hybridized carbons (Fsp3) is 0.238. The Morgan fingerprint density at radius 3 is 2.90 bits per heavy atom. The Morgan fingerprint density at radius 1 is 1.34 bits per heavy atom. The Labute approximate surface area is 164 Å². The van der Waals surface area contributed by atoms with E-state index < -0.39 is 11.6 Å². The summed E-state index contributed by atoms with van der Waals surface area (Å²) in [4.78, 5) is 41.8. The van der Waals surface area contributed by atoms with Gasteiger partial charge in [-0.25, -0.2) is 9.78 Å². The molecule has 1 amide bonds. The van der Waals surface area contributed by atoms with E-state index in [1.165, 1.54) is 4.57 Å². The predicted octanol–water partition coefficient (Wildman–Crippen LogP) is 1.65. The van der Waals surface area contributed by atoms with Crippen molar-refractivity contribution in [2.75, 3.05) is 5.32 Å². The van der Waals surface area contributed by atoms with Crippen LogP contribution in [-0.4, -0.2) is 27.0 Å². The van der Waals surface area contributed by atoms with E-state index in [1.807, 2.05) is 30.3 Å². The molecule has 8 nitrogen and oxygen atoms in total. The maximum absolute atomic E-state index is 13.3. The minimum absolute atomic E-state index is 0.00668. The SMILES string of the molecule is CC[C@@]1(O)C(=O)OCc2c1c(NC=O)c1n(c2=O)Cc2cc3ccccc3nc2-1. The molecule has 0 unspecified atom stereocenters. The third-order valence-electron chi connectivity index (χ3n) is 5.73. The summed E-state index contributed by atoms with van der Waals surface area (Å²) in [6, 6.07) is 9.54. The molecular weight excluding hydrogens is 374 g/mol. The van der Waals surface area contributed by atoms with Gasteiger partial charge in [0.2, 0.25) is 6.41 Å². The van der Waals surface area contributed by atoms with Gasteiger partial charge in [-0.2, -0.15) is 0 Å². The molecular formula is C21H17N3O5. The highest BCUT2D eigenvalue weighted by Gasteiger charge is 2.48. The van der Waals surface area contributed by atoms with Crippen molar-refractivity contribution in [2.24, 2.45) is 0 Å². The Bertz CT molecular complexity index is 1280. The molecule has 2 aliphatic heterocycles. The van der Waals surface area contributed by atoms with Gasteiger partial charge in [0, 0.05) is 16.5 Å². The molecule has 0 radical (unpaired) electrons. The van der Waals surface area contributed by atoms with E-state index in [2.05, 4.69) is 5.32 Å². The van der Waals surface area contributed by atoms with Gasteiger partial charge in [0.1, 0.15) is 6.61 Å². The minimum Gasteiger partial charge on any atom is -0.458 e. The van der Waals surface area contributed by atoms with Gasteiger partial charge in [0.15, 0.2) is 5.60 Å². The van der Waals surface area contributed by atoms with E-state index in [0.29, 0.717) is 17.8 Å². The molecule has 0 saturated heterocycles. The van der Waals surface area contributed by atoms with Crippen molar-refractivity contribution in [1.82, 2.24) is 9.55 Å². The number of ether oxygens (including phenoxy) is 1. The summed E-state index contributed by atoms with van der Waals surface area (Å²) in [5, 5.41) is 14.6. The fourth-order valence-electron chi connectivity index (χ4n) is 4.30. The van der Waals surface area contributed by atoms with Gasteiger partial charge in [-0.05, 0) is 18.6 Å². The van der Waals surface area contributed by atoms with Crippen LogP contribution in [0.5, 0.6) is 0 Å². The van der Waals surface area contributed by atoms with Gasteiger partial charge in [-0.15, -0.1) is 0 Å². The number of aromatic nitrogens is 2. The number of anilines is 1. The molecule has 0 aliphatic carbocycles. The second-order valence-electron chi connectivity index (χ2n) is 7.21. The molecule has 0 saturated carbocycles. The van der Waals surface area contributed by atoms with E-state index in [0.717, 1.165) is 16.5 Å². The number of cyclic esters (lactones) is 1. The maximum atomic E-state index is 13.3. The second-order valence-corrected chi connectivity index (χ2v) is 7.21. The lowest BCUT2D eigenvalue weighted by atomic mass is 9.84. The minimum atomic E-state index is -2.02. The van der Waals surface area contributed by atoms with Crippen molar-refractivity contribution in [3.63, 3.8) is 0 Å². The summed E-state index contributed by atoms with van der Waals surface area (Å²) < 4.78 is 6.60. The molecule has 0 bridgehead atoms. The smallest absolute Gasteiger partial charge is 0.343 e. The van der Waals surface area contributed by atoms with Gasteiger partial charge in [-0.1, -0.05) is 25.1 Å². The Kier molecular flexibility index (Phi) is 3.63. The summed E-state index contributed by atoms with van der Waals surface area (Å²) in [7, 11) is 0. The van der Waals surface area contributed by atoms with Crippen molar-refractivity contribution >= 4 is 29.0 Å². The molecule has 8 heteroatoms. The Morgan fingerprint density at radius 2 is 2.14 bits per heavy atom. The van der Waals surface area contributed by atoms with Crippen LogP contribution in [0, 0.1) is 0 Å². The van der Waals surface area contributed by atoms with E-state index in [9.17, 15) is 19.5 Å². The standard InChI is InChI=1S/C21H17N3O5/c1-2-21(28)15-13(9-29-20(21)27)19(26)24-8-12-7-11-5-3-4-6-14(11)23-16(12)18(24)17(15)22-10-25/h3-7,10,28H,2,8-9H2,1H3,(H,22,25)/t21-/m0/s1. The van der Waals surface area contributed by atoms with Crippen LogP contribution >= 0.6 is 0 Å². The molecule has 2 aliphatic rings. The van der Waals surface area contributed by atoms with Crippen LogP contribution in [0.15, 0.2) is 35.1 Å². The second kappa shape index (κ2) is 5.99. The van der Waals surface area contributed by atoms with E-state index in [4.69, 9.17) is 9.72 Å². The van der Waals surface area contributed by atoms with Crippen molar-refractivity contribution in [3.05, 3.63) is 57.4 Å². The molecule has 2 N–H and O–H groups in total. The molecule has 3 aromatic rings. The molecule has 0 fully saturated rings. The normalized spacial score (nSPS) is 19.3. The number of rotatable bonds is 3. The number of carbonyl (C=O) groups is 2. The molecule has 2 aromatic heterocycles. The highest BCUT2D eigenvalue weighted by Crippen LogP contribution is 2.45. The van der Waals surface area contributed by atoms with Crippen molar-refractivity contribution in [1.29, 1.82) is 0 Å². The van der Waals surface area contributed by atoms with Gasteiger partial charge >= 0.3 is 5.97 Å². The number of esters is 1. The summed E-state index contributed by atoms with van der Waals surface area (Å²) in [6.07, 6.45) is 0.462. The number of benzene rings is 1. The largest absolute Gasteiger partial charge is 0.458 e. The van der Waals surface area contributed by atoms with Crippen LogP contribution in [0.1, 0.15) is 30.0 Å². The van der Waals surface area contributed by atoms with Crippen LogP contribution in [0.25, 0.3) is 22.3 Å².